The predicted octanol–water partition coefficient (Wildman–Crippen LogP) is 12.9. The van der Waals surface area contributed by atoms with Crippen LogP contribution < -0.4 is 0 Å². The highest BCUT2D eigenvalue weighted by molar-refractivity contribution is 6.15. The van der Waals surface area contributed by atoms with Crippen LogP contribution in [0.1, 0.15) is 87.4 Å². The number of allylic oxidation sites excluding steroid dienone is 7. The van der Waals surface area contributed by atoms with Crippen molar-refractivity contribution in [2.75, 3.05) is 0 Å². The first-order chi connectivity index (χ1) is 28.8. The number of para-hydroxylation sites is 2. The summed E-state index contributed by atoms with van der Waals surface area (Å²) in [6.45, 7) is 8.81. The van der Waals surface area contributed by atoms with Crippen LogP contribution in [-0.2, 0) is 0 Å². The van der Waals surface area contributed by atoms with Gasteiger partial charge in [-0.05, 0) is 90.5 Å². The maximum atomic E-state index is 10.0. The molecular weight excluding hydrogens is 721 g/mol. The van der Waals surface area contributed by atoms with Crippen LogP contribution >= 0.6 is 0 Å². The molecule has 5 atom stereocenters. The molecule has 0 bridgehead atoms. The molecular formula is C53H46N6. The van der Waals surface area contributed by atoms with Gasteiger partial charge in [-0.15, -0.1) is 0 Å². The van der Waals surface area contributed by atoms with Crippen molar-refractivity contribution < 1.29 is 0 Å². The van der Waals surface area contributed by atoms with Crippen LogP contribution in [0.25, 0.3) is 67.2 Å². The number of benzene rings is 4. The molecule has 0 amide bonds. The maximum Gasteiger partial charge on any atom is 0.163 e. The Bertz CT molecular complexity index is 2930. The molecule has 3 heterocycles. The Hall–Kier alpha value is -6.71. The minimum absolute atomic E-state index is 0.0736. The number of fused-ring (bicyclic) bond motifs is 5. The van der Waals surface area contributed by atoms with E-state index in [0.29, 0.717) is 24.0 Å². The SMILES string of the molecule is CC1CC=Cc2nc(C3=CC(C)C(c4nc(C5=CCC(C)(C#N)C(C)C5)nc(-c5ccc(-c6ccccc6)cc5)n4)C=C3)c3c4ccccc4n(-c4ccccc4)c3c21. The summed E-state index contributed by atoms with van der Waals surface area (Å²) in [5, 5.41) is 12.4. The number of rotatable bonds is 6. The van der Waals surface area contributed by atoms with Crippen molar-refractivity contribution in [1.29, 1.82) is 5.26 Å². The van der Waals surface area contributed by atoms with Crippen molar-refractivity contribution in [2.45, 2.75) is 58.8 Å². The second-order valence-electron chi connectivity index (χ2n) is 16.9. The fraction of sp³-hybridized carbons (Fsp3) is 0.226. The molecule has 288 valence electrons. The van der Waals surface area contributed by atoms with Crippen molar-refractivity contribution in [3.63, 3.8) is 0 Å². The van der Waals surface area contributed by atoms with Gasteiger partial charge in [0, 0.05) is 33.5 Å². The fourth-order valence-electron chi connectivity index (χ4n) is 9.34. The van der Waals surface area contributed by atoms with Gasteiger partial charge in [0.25, 0.3) is 0 Å². The lowest BCUT2D eigenvalue weighted by Gasteiger charge is -2.32. The third kappa shape index (κ3) is 6.33. The molecule has 4 aromatic carbocycles. The quantitative estimate of drug-likeness (QED) is 0.168. The van der Waals surface area contributed by atoms with Crippen LogP contribution in [-0.4, -0.2) is 24.5 Å². The minimum Gasteiger partial charge on any atom is -0.309 e. The molecule has 0 spiro atoms. The van der Waals surface area contributed by atoms with E-state index in [1.54, 1.807) is 0 Å². The topological polar surface area (TPSA) is 80.3 Å². The summed E-state index contributed by atoms with van der Waals surface area (Å²) >= 11 is 0. The van der Waals surface area contributed by atoms with E-state index in [1.807, 2.05) is 6.07 Å². The summed E-state index contributed by atoms with van der Waals surface area (Å²) in [5.41, 5.74) is 12.0. The van der Waals surface area contributed by atoms with E-state index in [4.69, 9.17) is 19.9 Å². The van der Waals surface area contributed by atoms with Crippen molar-refractivity contribution in [3.05, 3.63) is 168 Å². The van der Waals surface area contributed by atoms with Crippen LogP contribution in [0.2, 0.25) is 0 Å². The van der Waals surface area contributed by atoms with Gasteiger partial charge in [-0.2, -0.15) is 5.26 Å². The number of nitrogens with zero attached hydrogens (tertiary/aromatic N) is 6. The van der Waals surface area contributed by atoms with E-state index < -0.39 is 5.41 Å². The number of aromatic nitrogens is 5. The predicted molar refractivity (Wildman–Crippen MR) is 240 cm³/mol. The maximum absolute atomic E-state index is 10.0. The molecule has 6 heteroatoms. The molecule has 0 fully saturated rings. The van der Waals surface area contributed by atoms with Gasteiger partial charge in [0.1, 0.15) is 5.82 Å². The summed E-state index contributed by atoms with van der Waals surface area (Å²) in [5.74, 6) is 2.62. The first-order valence-electron chi connectivity index (χ1n) is 20.9. The molecule has 0 radical (unpaired) electrons. The van der Waals surface area contributed by atoms with E-state index in [1.165, 1.54) is 32.9 Å². The standard InChI is InChI=1S/C53H46N6/c1-33-14-13-20-44-46(33)49-47(43-19-11-12-21-45(43)59(49)41-17-9-6-10-18-41)48(55-44)39-26-27-42(34(2)30-39)52-57-50(38-24-22-37(23-25-38)36-15-7-5-8-16-36)56-51(58-52)40-28-29-53(4,32-54)35(3)31-40/h5-13,15-28,30,33-35,42H,14,29,31H2,1-4H3. The smallest absolute Gasteiger partial charge is 0.163 e. The van der Waals surface area contributed by atoms with Crippen molar-refractivity contribution >= 4 is 39.0 Å². The highest BCUT2D eigenvalue weighted by atomic mass is 15.0. The molecule has 6 nitrogen and oxygen atoms in total. The van der Waals surface area contributed by atoms with Crippen LogP contribution in [0.5, 0.6) is 0 Å². The average molecular weight is 767 g/mol. The number of hydrogen-bond donors (Lipinski definition) is 0. The molecule has 3 aliphatic rings. The summed E-state index contributed by atoms with van der Waals surface area (Å²) in [6.07, 6.45) is 15.9. The Balaban J connectivity index is 1.09. The minimum atomic E-state index is -0.408. The first-order valence-corrected chi connectivity index (χ1v) is 20.9. The molecule has 3 aliphatic carbocycles. The van der Waals surface area contributed by atoms with Gasteiger partial charge in [-0.3, -0.25) is 0 Å². The van der Waals surface area contributed by atoms with Gasteiger partial charge in [-0.1, -0.05) is 142 Å². The van der Waals surface area contributed by atoms with Crippen LogP contribution in [0, 0.1) is 28.6 Å². The summed E-state index contributed by atoms with van der Waals surface area (Å²) in [7, 11) is 0. The van der Waals surface area contributed by atoms with E-state index in [-0.39, 0.29) is 17.8 Å². The number of hydrogen-bond acceptors (Lipinski definition) is 5. The number of pyridine rings is 1. The van der Waals surface area contributed by atoms with Gasteiger partial charge in [-0.25, -0.2) is 19.9 Å². The molecule has 0 saturated heterocycles. The Labute approximate surface area is 346 Å². The highest BCUT2D eigenvalue weighted by Gasteiger charge is 2.36. The van der Waals surface area contributed by atoms with Crippen molar-refractivity contribution in [2.24, 2.45) is 17.3 Å². The van der Waals surface area contributed by atoms with Crippen LogP contribution in [0.15, 0.2) is 140 Å². The Kier molecular flexibility index (Phi) is 9.06. The molecule has 10 rings (SSSR count). The van der Waals surface area contributed by atoms with Crippen LogP contribution in [0.4, 0.5) is 0 Å². The summed E-state index contributed by atoms with van der Waals surface area (Å²) < 4.78 is 2.45. The Morgan fingerprint density at radius 1 is 0.746 bits per heavy atom. The summed E-state index contributed by atoms with van der Waals surface area (Å²) in [4.78, 5) is 21.1. The first kappa shape index (κ1) is 36.6. The van der Waals surface area contributed by atoms with Gasteiger partial charge >= 0.3 is 0 Å². The fourth-order valence-corrected chi connectivity index (χ4v) is 9.34. The molecule has 5 unspecified atom stereocenters. The van der Waals surface area contributed by atoms with Gasteiger partial charge in [0.2, 0.25) is 0 Å². The van der Waals surface area contributed by atoms with Crippen LogP contribution in [0.3, 0.4) is 0 Å². The lowest BCUT2D eigenvalue weighted by Crippen LogP contribution is -2.27. The molecule has 3 aromatic heterocycles. The lowest BCUT2D eigenvalue weighted by molar-refractivity contribution is 0.284. The largest absolute Gasteiger partial charge is 0.309 e. The Morgan fingerprint density at radius 2 is 1.44 bits per heavy atom. The molecule has 0 saturated carbocycles. The van der Waals surface area contributed by atoms with Gasteiger partial charge in [0.05, 0.1) is 33.9 Å². The normalized spacial score (nSPS) is 22.5. The average Bonchev–Trinajstić information content (AvgIpc) is 3.63. The van der Waals surface area contributed by atoms with Crippen molar-refractivity contribution in [3.8, 4) is 34.3 Å². The second-order valence-corrected chi connectivity index (χ2v) is 16.9. The number of nitriles is 1. The third-order valence-corrected chi connectivity index (χ3v) is 13.0. The molecule has 59 heavy (non-hydrogen) atoms. The zero-order valence-corrected chi connectivity index (χ0v) is 34.0. The highest BCUT2D eigenvalue weighted by Crippen LogP contribution is 2.46. The third-order valence-electron chi connectivity index (χ3n) is 13.0. The van der Waals surface area contributed by atoms with E-state index >= 15 is 0 Å². The van der Waals surface area contributed by atoms with E-state index in [9.17, 15) is 5.26 Å². The van der Waals surface area contributed by atoms with E-state index in [0.717, 1.165) is 58.0 Å². The lowest BCUT2D eigenvalue weighted by atomic mass is 9.70. The zero-order chi connectivity index (χ0) is 40.3. The van der Waals surface area contributed by atoms with Gasteiger partial charge < -0.3 is 4.57 Å². The monoisotopic (exact) mass is 766 g/mol. The molecule has 0 N–H and O–H groups in total. The Morgan fingerprint density at radius 3 is 2.19 bits per heavy atom. The molecule has 7 aromatic rings. The zero-order valence-electron chi connectivity index (χ0n) is 34.0. The van der Waals surface area contributed by atoms with Crippen molar-refractivity contribution in [1.82, 2.24) is 24.5 Å². The van der Waals surface area contributed by atoms with Gasteiger partial charge in [0.15, 0.2) is 11.6 Å². The second kappa shape index (κ2) is 14.6. The molecule has 0 aliphatic heterocycles. The van der Waals surface area contributed by atoms with E-state index in [2.05, 4.69) is 178 Å². The summed E-state index contributed by atoms with van der Waals surface area (Å²) in [6, 6.07) is 41.0.